The Morgan fingerprint density at radius 1 is 0.567 bits per heavy atom. The second-order valence-electron chi connectivity index (χ2n) is 13.5. The molecule has 0 bridgehead atoms. The zero-order chi connectivity index (χ0) is 45.3. The van der Waals surface area contributed by atoms with E-state index in [9.17, 15) is 33.6 Å². The van der Waals surface area contributed by atoms with Crippen molar-refractivity contribution in [1.29, 1.82) is 0 Å². The third-order valence-corrected chi connectivity index (χ3v) is 8.16. The first-order valence-corrected chi connectivity index (χ1v) is 18.3. The number of rotatable bonds is 20. The Hall–Kier alpha value is -5.95. The van der Waals surface area contributed by atoms with Gasteiger partial charge in [0.1, 0.15) is 24.9 Å². The van der Waals surface area contributed by atoms with E-state index in [1.54, 1.807) is 6.92 Å². The summed E-state index contributed by atoms with van der Waals surface area (Å²) in [6.07, 6.45) is -5.90. The number of carbonyl (C=O) groups is 7. The monoisotopic (exact) mass is 844 g/mol. The van der Waals surface area contributed by atoms with E-state index in [0.29, 0.717) is 5.57 Å². The summed E-state index contributed by atoms with van der Waals surface area (Å²) in [6, 6.07) is 0. The molecule has 18 nitrogen and oxygen atoms in total. The third kappa shape index (κ3) is 16.0. The number of hydrogen-bond acceptors (Lipinski definition) is 18. The molecule has 3 saturated heterocycles. The molecule has 3 fully saturated rings. The van der Waals surface area contributed by atoms with Gasteiger partial charge < -0.3 is 52.1 Å². The molecular weight excluding hydrogens is 792 g/mol. The normalized spacial score (nSPS) is 26.3. The van der Waals surface area contributed by atoms with Gasteiger partial charge in [0.25, 0.3) is 0 Å². The van der Waals surface area contributed by atoms with Crippen LogP contribution in [0.4, 0.5) is 0 Å². The van der Waals surface area contributed by atoms with Crippen molar-refractivity contribution in [3.8, 4) is 0 Å². The topological polar surface area (TPSA) is 224 Å². The minimum Gasteiger partial charge on any atom is -0.460 e. The van der Waals surface area contributed by atoms with Crippen LogP contribution in [0.3, 0.4) is 0 Å². The summed E-state index contributed by atoms with van der Waals surface area (Å²) in [5.74, 6) is -5.25. The molecule has 0 spiro atoms. The predicted octanol–water partition coefficient (Wildman–Crippen LogP) is 2.96. The van der Waals surface area contributed by atoms with E-state index in [2.05, 4.69) is 52.6 Å². The molecule has 3 aliphatic rings. The van der Waals surface area contributed by atoms with Crippen LogP contribution in [-0.4, -0.2) is 129 Å². The molecule has 0 aromatic heterocycles. The van der Waals surface area contributed by atoms with E-state index in [1.807, 2.05) is 6.92 Å². The van der Waals surface area contributed by atoms with Crippen molar-refractivity contribution < 1.29 is 85.7 Å². The van der Waals surface area contributed by atoms with E-state index in [4.69, 9.17) is 52.1 Å². The number of esters is 7. The highest BCUT2D eigenvalue weighted by atomic mass is 16.8. The average molecular weight is 845 g/mol. The van der Waals surface area contributed by atoms with Crippen LogP contribution in [0, 0.1) is 0 Å². The van der Waals surface area contributed by atoms with Crippen molar-refractivity contribution in [2.24, 2.45) is 0 Å². The molecule has 0 saturated carbocycles. The highest BCUT2D eigenvalue weighted by Crippen LogP contribution is 2.32. The summed E-state index contributed by atoms with van der Waals surface area (Å²) in [5, 5.41) is 0. The maximum absolute atomic E-state index is 12.5. The molecule has 60 heavy (non-hydrogen) atoms. The quantitative estimate of drug-likeness (QED) is 0.0565. The second-order valence-corrected chi connectivity index (χ2v) is 13.5. The van der Waals surface area contributed by atoms with Gasteiger partial charge in [0.05, 0.1) is 26.2 Å². The lowest BCUT2D eigenvalue weighted by Crippen LogP contribution is -2.59. The maximum Gasteiger partial charge on any atom is 0.333 e. The van der Waals surface area contributed by atoms with Crippen LogP contribution in [0.2, 0.25) is 0 Å². The highest BCUT2D eigenvalue weighted by molar-refractivity contribution is 5.88. The van der Waals surface area contributed by atoms with Crippen molar-refractivity contribution in [2.75, 3.05) is 26.4 Å². The molecule has 3 heterocycles. The molecule has 0 aliphatic carbocycles. The first kappa shape index (κ1) is 50.2. The first-order chi connectivity index (χ1) is 28.3. The Balaban J connectivity index is 0.000000422. The van der Waals surface area contributed by atoms with Crippen LogP contribution in [0.25, 0.3) is 0 Å². The fraction of sp³-hybridized carbons (Fsp3) is 0.452. The molecule has 0 aromatic carbocycles. The summed E-state index contributed by atoms with van der Waals surface area (Å²) in [4.78, 5) is 83.2. The van der Waals surface area contributed by atoms with Crippen molar-refractivity contribution in [3.63, 3.8) is 0 Å². The van der Waals surface area contributed by atoms with E-state index >= 15 is 0 Å². The van der Waals surface area contributed by atoms with E-state index in [1.165, 1.54) is 13.8 Å². The summed E-state index contributed by atoms with van der Waals surface area (Å²) in [7, 11) is 0. The first-order valence-electron chi connectivity index (χ1n) is 18.3. The Kier molecular flexibility index (Phi) is 20.3. The van der Waals surface area contributed by atoms with Crippen molar-refractivity contribution in [1.82, 2.24) is 0 Å². The van der Waals surface area contributed by atoms with Gasteiger partial charge in [-0.2, -0.15) is 0 Å². The predicted molar refractivity (Wildman–Crippen MR) is 209 cm³/mol. The number of epoxide rings is 1. The molecule has 3 rings (SSSR count). The smallest absolute Gasteiger partial charge is 0.333 e. The number of ether oxygens (including phenoxy) is 11. The molecule has 10 atom stereocenters. The molecule has 3 aliphatic heterocycles. The van der Waals surface area contributed by atoms with Gasteiger partial charge >= 0.3 is 41.8 Å². The highest BCUT2D eigenvalue weighted by Gasteiger charge is 2.50. The Morgan fingerprint density at radius 3 is 1.50 bits per heavy atom. The minimum atomic E-state index is -1.26. The Bertz CT molecular complexity index is 1730. The minimum absolute atomic E-state index is 0.0261. The fourth-order valence-electron chi connectivity index (χ4n) is 5.17. The van der Waals surface area contributed by atoms with Crippen molar-refractivity contribution in [2.45, 2.75) is 95.3 Å². The summed E-state index contributed by atoms with van der Waals surface area (Å²) >= 11 is 0. The van der Waals surface area contributed by atoms with Crippen LogP contribution in [0.1, 0.15) is 34.1 Å². The fourth-order valence-corrected chi connectivity index (χ4v) is 5.17. The van der Waals surface area contributed by atoms with Gasteiger partial charge in [0.2, 0.25) is 0 Å². The molecule has 5 unspecified atom stereocenters. The van der Waals surface area contributed by atoms with E-state index in [-0.39, 0.29) is 50.1 Å². The number of carbonyl (C=O) groups excluding carboxylic acids is 7. The van der Waals surface area contributed by atoms with E-state index in [0.717, 1.165) is 29.9 Å². The van der Waals surface area contributed by atoms with Crippen LogP contribution < -0.4 is 0 Å². The molecule has 0 amide bonds. The lowest BCUT2D eigenvalue weighted by atomic mass is 9.99. The largest absolute Gasteiger partial charge is 0.460 e. The molecule has 328 valence electrons. The van der Waals surface area contributed by atoms with Gasteiger partial charge in [0.15, 0.2) is 42.9 Å². The zero-order valence-corrected chi connectivity index (χ0v) is 34.1. The van der Waals surface area contributed by atoms with Crippen molar-refractivity contribution in [3.05, 3.63) is 99.2 Å². The van der Waals surface area contributed by atoms with Gasteiger partial charge in [-0.15, -0.1) is 0 Å². The van der Waals surface area contributed by atoms with Crippen LogP contribution in [0.15, 0.2) is 99.2 Å². The number of hydrogen-bond donors (Lipinski definition) is 0. The zero-order valence-electron chi connectivity index (χ0n) is 34.1. The third-order valence-electron chi connectivity index (χ3n) is 8.16. The van der Waals surface area contributed by atoms with Crippen LogP contribution in [0.5, 0.6) is 0 Å². The van der Waals surface area contributed by atoms with E-state index < -0.39 is 96.9 Å². The van der Waals surface area contributed by atoms with Crippen molar-refractivity contribution >= 4 is 41.8 Å². The molecule has 0 N–H and O–H groups in total. The van der Waals surface area contributed by atoms with Gasteiger partial charge in [-0.1, -0.05) is 58.2 Å². The summed E-state index contributed by atoms with van der Waals surface area (Å²) < 4.78 is 59.4. The lowest BCUT2D eigenvalue weighted by molar-refractivity contribution is -0.232. The average Bonchev–Trinajstić information content (AvgIpc) is 3.99. The van der Waals surface area contributed by atoms with Gasteiger partial charge in [-0.25, -0.2) is 28.8 Å². The molecule has 0 radical (unpaired) electrons. The molecular formula is C42H52O18. The Morgan fingerprint density at radius 2 is 1.02 bits per heavy atom. The van der Waals surface area contributed by atoms with Crippen LogP contribution in [-0.2, 0) is 85.7 Å². The molecule has 18 heteroatoms. The van der Waals surface area contributed by atoms with Gasteiger partial charge in [-0.05, 0) is 33.3 Å². The Labute approximate surface area is 348 Å². The molecule has 0 aromatic rings. The van der Waals surface area contributed by atoms with Gasteiger partial charge in [0, 0.05) is 35.5 Å². The lowest BCUT2D eigenvalue weighted by Gasteiger charge is -2.40. The summed E-state index contributed by atoms with van der Waals surface area (Å²) in [6.45, 7) is 33.5. The summed E-state index contributed by atoms with van der Waals surface area (Å²) in [5.41, 5.74) is 1.68. The van der Waals surface area contributed by atoms with Gasteiger partial charge in [-0.3, -0.25) is 4.79 Å². The SMILES string of the molecule is C=C(C)CC(=O)O[C@@H]1C(COC2OC2C(=C)C)OC[C@@H](OC(=O)C(=C)C)[C@H]1OC(=O)C(=C)C.C=CC(=O)OCC1OC[C@@H](OC(=O)C=C)[C@@H](OC(=O)C=C)C1OC(=O)C=C. The standard InChI is InChI=1S/C24H32O9.C18H20O9/c1-12(2)9-18(25)31-20-16(10-29-24-19(33-24)13(3)4)28-11-17(30-22(26)14(5)6)21(20)32-23(27)15(7)8;1-5-13(19)24-9-11-17(26-15(21)7-3)18(27-16(22)8-4)12(10-23-11)25-14(20)6-2/h16-17,19-21,24H,1,3,5,7,9-11H2,2,4,6,8H3;5-8,11-12,17-18H,1-4,9-10H2/t16?,17-,19?,20-,21-,24?;11?,12-,17?,18-/m11/s1. The second kappa shape index (κ2) is 24.2. The van der Waals surface area contributed by atoms with Crippen LogP contribution >= 0.6 is 0 Å². The maximum atomic E-state index is 12.5.